The molecule has 0 bridgehead atoms. The Bertz CT molecular complexity index is 896. The number of aromatic nitrogens is 2. The number of halogens is 1. The van der Waals surface area contributed by atoms with Crippen LogP contribution in [-0.2, 0) is 0 Å². The van der Waals surface area contributed by atoms with E-state index in [0.29, 0.717) is 27.2 Å². The molecule has 1 N–H and O–H groups in total. The number of benzene rings is 2. The van der Waals surface area contributed by atoms with Crippen molar-refractivity contribution in [3.63, 3.8) is 0 Å². The lowest BCUT2D eigenvalue weighted by atomic mass is 10.1. The summed E-state index contributed by atoms with van der Waals surface area (Å²) >= 11 is 1.19. The van der Waals surface area contributed by atoms with Crippen LogP contribution in [0.2, 0.25) is 0 Å². The van der Waals surface area contributed by atoms with Gasteiger partial charge in [-0.1, -0.05) is 17.4 Å². The molecule has 0 atom stereocenters. The third kappa shape index (κ3) is 3.58. The number of nitrogens with one attached hydrogen (secondary N) is 1. The summed E-state index contributed by atoms with van der Waals surface area (Å²) < 4.78 is 23.4. The summed E-state index contributed by atoms with van der Waals surface area (Å²) in [6.07, 6.45) is 0. The molecule has 0 fully saturated rings. The molecule has 0 spiro atoms. The van der Waals surface area contributed by atoms with Gasteiger partial charge in [-0.15, -0.1) is 10.2 Å². The van der Waals surface area contributed by atoms with E-state index in [2.05, 4.69) is 15.5 Å². The number of hydrogen-bond donors (Lipinski definition) is 1. The largest absolute Gasteiger partial charge is 0.493 e. The Morgan fingerprint density at radius 1 is 1.08 bits per heavy atom. The summed E-state index contributed by atoms with van der Waals surface area (Å²) in [5.74, 6) is 0.0784. The van der Waals surface area contributed by atoms with E-state index in [9.17, 15) is 9.18 Å². The van der Waals surface area contributed by atoms with Gasteiger partial charge in [0, 0.05) is 5.56 Å². The standard InChI is InChI=1S/C17H14FN3O3S/c1-23-13-5-3-4-12(14(13)24-2)15(22)19-17-21-20-16(25-17)10-6-8-11(18)9-7-10/h3-9H,1-2H3,(H,19,21,22). The molecule has 0 unspecified atom stereocenters. The Morgan fingerprint density at radius 2 is 1.84 bits per heavy atom. The monoisotopic (exact) mass is 359 g/mol. The van der Waals surface area contributed by atoms with Gasteiger partial charge in [-0.2, -0.15) is 0 Å². The molecule has 0 aliphatic rings. The van der Waals surface area contributed by atoms with Crippen LogP contribution in [0.4, 0.5) is 9.52 Å². The average Bonchev–Trinajstić information content (AvgIpc) is 3.09. The summed E-state index contributed by atoms with van der Waals surface area (Å²) in [7, 11) is 2.96. The maximum absolute atomic E-state index is 13.0. The molecular formula is C17H14FN3O3S. The molecule has 25 heavy (non-hydrogen) atoms. The SMILES string of the molecule is COc1cccc(C(=O)Nc2nnc(-c3ccc(F)cc3)s2)c1OC. The van der Waals surface area contributed by atoms with Crippen molar-refractivity contribution in [3.8, 4) is 22.1 Å². The van der Waals surface area contributed by atoms with Crippen molar-refractivity contribution in [3.05, 3.63) is 53.8 Å². The topological polar surface area (TPSA) is 73.3 Å². The Kier molecular flexibility index (Phi) is 4.90. The molecule has 0 radical (unpaired) electrons. The smallest absolute Gasteiger partial charge is 0.261 e. The molecule has 8 heteroatoms. The Morgan fingerprint density at radius 3 is 2.52 bits per heavy atom. The Labute approximate surface area is 147 Å². The van der Waals surface area contributed by atoms with Crippen molar-refractivity contribution in [2.24, 2.45) is 0 Å². The second kappa shape index (κ2) is 7.27. The summed E-state index contributed by atoms with van der Waals surface area (Å²) in [6.45, 7) is 0. The van der Waals surface area contributed by atoms with Crippen molar-refractivity contribution < 1.29 is 18.7 Å². The van der Waals surface area contributed by atoms with Gasteiger partial charge >= 0.3 is 0 Å². The van der Waals surface area contributed by atoms with Crippen molar-refractivity contribution in [2.45, 2.75) is 0 Å². The third-order valence-corrected chi connectivity index (χ3v) is 4.27. The zero-order valence-electron chi connectivity index (χ0n) is 13.4. The first-order chi connectivity index (χ1) is 12.1. The van der Waals surface area contributed by atoms with Crippen LogP contribution in [0.15, 0.2) is 42.5 Å². The van der Waals surface area contributed by atoms with Crippen molar-refractivity contribution >= 4 is 22.4 Å². The minimum absolute atomic E-state index is 0.320. The van der Waals surface area contributed by atoms with E-state index in [1.165, 1.54) is 37.7 Å². The van der Waals surface area contributed by atoms with Crippen LogP contribution in [0.1, 0.15) is 10.4 Å². The fraction of sp³-hybridized carbons (Fsp3) is 0.118. The highest BCUT2D eigenvalue weighted by molar-refractivity contribution is 7.18. The zero-order valence-corrected chi connectivity index (χ0v) is 14.3. The number of rotatable bonds is 5. The summed E-state index contributed by atoms with van der Waals surface area (Å²) in [4.78, 5) is 12.5. The van der Waals surface area contributed by atoms with Gasteiger partial charge in [0.25, 0.3) is 5.91 Å². The normalized spacial score (nSPS) is 10.4. The number of anilines is 1. The van der Waals surface area contributed by atoms with Crippen molar-refractivity contribution in [1.82, 2.24) is 10.2 Å². The quantitative estimate of drug-likeness (QED) is 0.753. The first kappa shape index (κ1) is 16.8. The van der Waals surface area contributed by atoms with Crippen LogP contribution in [0, 0.1) is 5.82 Å². The fourth-order valence-corrected chi connectivity index (χ4v) is 2.96. The number of amides is 1. The fourth-order valence-electron chi connectivity index (χ4n) is 2.21. The van der Waals surface area contributed by atoms with E-state index >= 15 is 0 Å². The number of carbonyl (C=O) groups is 1. The number of hydrogen-bond acceptors (Lipinski definition) is 6. The number of ether oxygens (including phenoxy) is 2. The van der Waals surface area contributed by atoms with Gasteiger partial charge in [0.05, 0.1) is 19.8 Å². The van der Waals surface area contributed by atoms with Gasteiger partial charge in [-0.25, -0.2) is 4.39 Å². The molecule has 0 aliphatic heterocycles. The highest BCUT2D eigenvalue weighted by atomic mass is 32.1. The maximum atomic E-state index is 13.0. The minimum Gasteiger partial charge on any atom is -0.493 e. The lowest BCUT2D eigenvalue weighted by Gasteiger charge is -2.11. The number of methoxy groups -OCH3 is 2. The lowest BCUT2D eigenvalue weighted by molar-refractivity contribution is 0.102. The molecule has 0 saturated carbocycles. The summed E-state index contributed by atoms with van der Waals surface area (Å²) in [6, 6.07) is 10.9. The predicted molar refractivity (Wildman–Crippen MR) is 92.8 cm³/mol. The van der Waals surface area contributed by atoms with Crippen LogP contribution in [0.5, 0.6) is 11.5 Å². The highest BCUT2D eigenvalue weighted by Gasteiger charge is 2.18. The van der Waals surface area contributed by atoms with Gasteiger partial charge in [0.15, 0.2) is 11.5 Å². The number of nitrogens with zero attached hydrogens (tertiary/aromatic N) is 2. The van der Waals surface area contributed by atoms with E-state index in [0.717, 1.165) is 5.56 Å². The van der Waals surface area contributed by atoms with Gasteiger partial charge < -0.3 is 9.47 Å². The third-order valence-electron chi connectivity index (χ3n) is 3.38. The van der Waals surface area contributed by atoms with Gasteiger partial charge in [-0.3, -0.25) is 10.1 Å². The molecule has 1 amide bonds. The molecule has 0 saturated heterocycles. The summed E-state index contributed by atoms with van der Waals surface area (Å²) in [5, 5.41) is 11.6. The Hall–Kier alpha value is -3.00. The van der Waals surface area contributed by atoms with E-state index < -0.39 is 5.91 Å². The van der Waals surface area contributed by atoms with Crippen molar-refractivity contribution in [2.75, 3.05) is 19.5 Å². The van der Waals surface area contributed by atoms with Crippen LogP contribution in [0.3, 0.4) is 0 Å². The second-order valence-corrected chi connectivity index (χ2v) is 5.89. The van der Waals surface area contributed by atoms with Crippen molar-refractivity contribution in [1.29, 1.82) is 0 Å². The lowest BCUT2D eigenvalue weighted by Crippen LogP contribution is -2.13. The number of para-hydroxylation sites is 1. The zero-order chi connectivity index (χ0) is 17.8. The minimum atomic E-state index is -0.391. The maximum Gasteiger partial charge on any atom is 0.261 e. The van der Waals surface area contributed by atoms with Gasteiger partial charge in [-0.05, 0) is 36.4 Å². The first-order valence-electron chi connectivity index (χ1n) is 7.24. The highest BCUT2D eigenvalue weighted by Crippen LogP contribution is 2.32. The summed E-state index contributed by atoms with van der Waals surface area (Å²) in [5.41, 5.74) is 1.04. The molecule has 1 heterocycles. The van der Waals surface area contributed by atoms with E-state index in [4.69, 9.17) is 9.47 Å². The predicted octanol–water partition coefficient (Wildman–Crippen LogP) is 3.61. The molecule has 1 aromatic heterocycles. The first-order valence-corrected chi connectivity index (χ1v) is 8.06. The van der Waals surface area contributed by atoms with Gasteiger partial charge in [0.2, 0.25) is 5.13 Å². The van der Waals surface area contributed by atoms with Crippen LogP contribution >= 0.6 is 11.3 Å². The van der Waals surface area contributed by atoms with Crippen LogP contribution in [0.25, 0.3) is 10.6 Å². The molecule has 3 aromatic rings. The second-order valence-electron chi connectivity index (χ2n) is 4.91. The number of carbonyl (C=O) groups excluding carboxylic acids is 1. The molecule has 128 valence electrons. The van der Waals surface area contributed by atoms with Gasteiger partial charge in [0.1, 0.15) is 10.8 Å². The van der Waals surface area contributed by atoms with Crippen LogP contribution < -0.4 is 14.8 Å². The van der Waals surface area contributed by atoms with Crippen LogP contribution in [-0.4, -0.2) is 30.3 Å². The van der Waals surface area contributed by atoms with E-state index in [-0.39, 0.29) is 5.82 Å². The molecule has 6 nitrogen and oxygen atoms in total. The molecule has 3 rings (SSSR count). The van der Waals surface area contributed by atoms with E-state index in [1.54, 1.807) is 30.3 Å². The Balaban J connectivity index is 1.82. The molecular weight excluding hydrogens is 345 g/mol. The average molecular weight is 359 g/mol. The molecule has 2 aromatic carbocycles. The molecule has 0 aliphatic carbocycles. The van der Waals surface area contributed by atoms with E-state index in [1.807, 2.05) is 0 Å².